The van der Waals surface area contributed by atoms with E-state index in [9.17, 15) is 9.59 Å². The van der Waals surface area contributed by atoms with Crippen LogP contribution in [0.5, 0.6) is 0 Å². The van der Waals surface area contributed by atoms with Crippen LogP contribution in [0.1, 0.15) is 33.8 Å². The van der Waals surface area contributed by atoms with E-state index >= 15 is 0 Å². The van der Waals surface area contributed by atoms with Crippen molar-refractivity contribution in [3.05, 3.63) is 0 Å². The molecule has 0 aromatic carbocycles. The van der Waals surface area contributed by atoms with Crippen molar-refractivity contribution in [2.24, 2.45) is 5.73 Å². The Morgan fingerprint density at radius 3 is 2.42 bits per heavy atom. The molecule has 4 N–H and O–H groups in total. The number of nitrogens with two attached hydrogens (primary N) is 1. The molecule has 1 unspecified atom stereocenters. The van der Waals surface area contributed by atoms with E-state index in [0.29, 0.717) is 0 Å². The largest absolute Gasteiger partial charge is 0.481 e. The number of aliphatic carboxylic acids is 2. The topological polar surface area (TPSA) is 101 Å². The summed E-state index contributed by atoms with van der Waals surface area (Å²) in [5.74, 6) is -3.53. The molecule has 0 bridgehead atoms. The van der Waals surface area contributed by atoms with Crippen LogP contribution in [0.3, 0.4) is 0 Å². The maximum absolute atomic E-state index is 10.6. The predicted octanol–water partition coefficient (Wildman–Crippen LogP) is 0.0433. The first-order valence-electron chi connectivity index (χ1n) is 5.97. The Balaban J connectivity index is 5.47. The average Bonchev–Trinajstić information content (AvgIpc) is 2.13. The smallest absolute Gasteiger partial charge is 0.320 e. The Kier molecular flexibility index (Phi) is 1.95. The van der Waals surface area contributed by atoms with Gasteiger partial charge in [0.25, 0.3) is 0 Å². The van der Waals surface area contributed by atoms with Crippen molar-refractivity contribution in [3.8, 4) is 0 Å². The van der Waals surface area contributed by atoms with Gasteiger partial charge >= 0.3 is 11.9 Å². The lowest BCUT2D eigenvalue weighted by molar-refractivity contribution is -0.138. The molecular formula is C7H13NO4. The number of rotatable bonds is 6. The van der Waals surface area contributed by atoms with E-state index in [2.05, 4.69) is 0 Å². The maximum atomic E-state index is 10.6. The molecule has 0 aromatic heterocycles. The van der Waals surface area contributed by atoms with Gasteiger partial charge < -0.3 is 15.9 Å². The van der Waals surface area contributed by atoms with Crippen molar-refractivity contribution in [1.82, 2.24) is 0 Å². The molecule has 70 valence electrons. The van der Waals surface area contributed by atoms with Crippen LogP contribution in [0.25, 0.3) is 0 Å². The Bertz CT molecular complexity index is 358. The lowest BCUT2D eigenvalue weighted by Crippen LogP contribution is -2.29. The summed E-state index contributed by atoms with van der Waals surface area (Å²) in [6, 6.07) is -2.32. The number of carboxylic acids is 2. The molecule has 0 amide bonds. The first-order valence-corrected chi connectivity index (χ1v) is 2.97. The Labute approximate surface area is 78.6 Å². The third-order valence-corrected chi connectivity index (χ3v) is 0.822. The first kappa shape index (κ1) is 4.23. The van der Waals surface area contributed by atoms with Crippen LogP contribution in [-0.4, -0.2) is 28.2 Å². The number of hydrogen-bond acceptors (Lipinski definition) is 3. The van der Waals surface area contributed by atoms with E-state index in [1.807, 2.05) is 0 Å². The average molecular weight is 181 g/mol. The van der Waals surface area contributed by atoms with Crippen LogP contribution in [0.15, 0.2) is 0 Å². The van der Waals surface area contributed by atoms with Gasteiger partial charge in [-0.05, 0) is 12.7 Å². The standard InChI is InChI=1S/C7H13NO4/c8-5(7(11)12)3-1-2-4-6(9)10/h5H,1-4,8H2,(H,9,10)(H,11,12)/i1D2,2D2,3D2. The Morgan fingerprint density at radius 1 is 1.42 bits per heavy atom. The summed E-state index contributed by atoms with van der Waals surface area (Å²) in [5.41, 5.74) is 4.98. The van der Waals surface area contributed by atoms with Gasteiger partial charge in [-0.15, -0.1) is 0 Å². The van der Waals surface area contributed by atoms with Crippen molar-refractivity contribution in [3.63, 3.8) is 0 Å². The lowest BCUT2D eigenvalue weighted by atomic mass is 10.1. The summed E-state index contributed by atoms with van der Waals surface area (Å²) in [6.07, 6.45) is -11.1. The molecule has 0 aliphatic heterocycles. The molecule has 0 heterocycles. The number of carbonyl (C=O) groups is 2. The van der Waals surface area contributed by atoms with Crippen LogP contribution in [0.2, 0.25) is 0 Å². The molecule has 0 radical (unpaired) electrons. The zero-order valence-electron chi connectivity index (χ0n) is 12.1. The molecule has 5 nitrogen and oxygen atoms in total. The van der Waals surface area contributed by atoms with Gasteiger partial charge in [0.1, 0.15) is 6.04 Å². The number of carboxylic acid groups (broad SMARTS) is 2. The zero-order valence-corrected chi connectivity index (χ0v) is 6.07. The van der Waals surface area contributed by atoms with Gasteiger partial charge in [-0.2, -0.15) is 0 Å². The Hall–Kier alpha value is -1.10. The van der Waals surface area contributed by atoms with Crippen molar-refractivity contribution in [2.75, 3.05) is 0 Å². The van der Waals surface area contributed by atoms with E-state index < -0.39 is 43.5 Å². The Morgan fingerprint density at radius 2 is 2.00 bits per heavy atom. The van der Waals surface area contributed by atoms with Gasteiger partial charge in [-0.25, -0.2) is 0 Å². The third-order valence-electron chi connectivity index (χ3n) is 0.822. The minimum absolute atomic E-state index is 1.31. The van der Waals surface area contributed by atoms with Crippen molar-refractivity contribution >= 4 is 11.9 Å². The molecule has 0 aromatic rings. The van der Waals surface area contributed by atoms with Gasteiger partial charge in [-0.3, -0.25) is 9.59 Å². The van der Waals surface area contributed by atoms with E-state index in [-0.39, 0.29) is 0 Å². The van der Waals surface area contributed by atoms with Crippen LogP contribution in [0.4, 0.5) is 0 Å². The third kappa shape index (κ3) is 5.67. The highest BCUT2D eigenvalue weighted by Crippen LogP contribution is 2.02. The second-order valence-electron chi connectivity index (χ2n) is 1.83. The summed E-state index contributed by atoms with van der Waals surface area (Å²) in [7, 11) is 0. The van der Waals surface area contributed by atoms with E-state index in [1.165, 1.54) is 0 Å². The normalized spacial score (nSPS) is 23.4. The van der Waals surface area contributed by atoms with Gasteiger partial charge in [0, 0.05) is 14.6 Å². The summed E-state index contributed by atoms with van der Waals surface area (Å²) in [6.45, 7) is 0. The minimum Gasteiger partial charge on any atom is -0.481 e. The molecule has 0 rings (SSSR count). The second-order valence-corrected chi connectivity index (χ2v) is 1.83. The lowest BCUT2D eigenvalue weighted by Gasteiger charge is -2.03. The zero-order chi connectivity index (χ0) is 14.9. The highest BCUT2D eigenvalue weighted by atomic mass is 16.4. The summed E-state index contributed by atoms with van der Waals surface area (Å²) in [4.78, 5) is 21.0. The van der Waals surface area contributed by atoms with Crippen molar-refractivity contribution in [1.29, 1.82) is 0 Å². The molecule has 0 aliphatic carbocycles. The molecule has 0 spiro atoms. The van der Waals surface area contributed by atoms with Gasteiger partial charge in [0.05, 0.1) is 0 Å². The molecule has 5 heteroatoms. The fourth-order valence-corrected chi connectivity index (χ4v) is 0.310. The van der Waals surface area contributed by atoms with Gasteiger partial charge in [0.15, 0.2) is 0 Å². The number of hydrogen-bond donors (Lipinski definition) is 3. The van der Waals surface area contributed by atoms with Crippen LogP contribution in [0, 0.1) is 0 Å². The van der Waals surface area contributed by atoms with Crippen LogP contribution >= 0.6 is 0 Å². The van der Waals surface area contributed by atoms with E-state index in [4.69, 9.17) is 24.2 Å². The maximum Gasteiger partial charge on any atom is 0.320 e. The molecule has 12 heavy (non-hydrogen) atoms. The minimum atomic E-state index is -3.39. The molecule has 0 fully saturated rings. The second kappa shape index (κ2) is 5.54. The summed E-state index contributed by atoms with van der Waals surface area (Å²) in [5, 5.41) is 17.0. The van der Waals surface area contributed by atoms with Crippen molar-refractivity contribution < 1.29 is 28.0 Å². The predicted molar refractivity (Wildman–Crippen MR) is 41.7 cm³/mol. The van der Waals surface area contributed by atoms with Crippen molar-refractivity contribution in [2.45, 2.75) is 31.6 Å². The monoisotopic (exact) mass is 181 g/mol. The SMILES string of the molecule is [2H]C([2H])(CC(=O)O)C([2H])([2H])C([2H])([2H])C(N)C(=O)O. The van der Waals surface area contributed by atoms with Gasteiger partial charge in [-0.1, -0.05) is 6.37 Å². The first-order chi connectivity index (χ1) is 7.77. The molecular weight excluding hydrogens is 162 g/mol. The summed E-state index contributed by atoms with van der Waals surface area (Å²) >= 11 is 0. The molecule has 1 atom stereocenters. The summed E-state index contributed by atoms with van der Waals surface area (Å²) < 4.78 is 43.9. The van der Waals surface area contributed by atoms with Gasteiger partial charge in [0.2, 0.25) is 0 Å². The van der Waals surface area contributed by atoms with E-state index in [1.54, 1.807) is 0 Å². The molecule has 0 aliphatic rings. The molecule has 0 saturated heterocycles. The van der Waals surface area contributed by atoms with Crippen LogP contribution < -0.4 is 5.73 Å². The quantitative estimate of drug-likeness (QED) is 0.537. The highest BCUT2D eigenvalue weighted by Gasteiger charge is 2.10. The fraction of sp³-hybridized carbons (Fsp3) is 0.714. The van der Waals surface area contributed by atoms with Crippen LogP contribution in [-0.2, 0) is 9.59 Å². The van der Waals surface area contributed by atoms with E-state index in [0.717, 1.165) is 0 Å². The highest BCUT2D eigenvalue weighted by molar-refractivity contribution is 5.73. The fourth-order valence-electron chi connectivity index (χ4n) is 0.310. The molecule has 0 saturated carbocycles.